The standard InChI is InChI=1S/C17H24N2O3/c1-13(18-11-4-12-20)5-3-6-17(22)19-16-9-7-15(8-10-16)14(2)21/h7-10,18,20H,1,3-6,11-12H2,2H3,(H,19,22). The molecule has 1 rings (SSSR count). The van der Waals surface area contributed by atoms with Crippen LogP contribution in [0, 0.1) is 0 Å². The van der Waals surface area contributed by atoms with Gasteiger partial charge in [-0.1, -0.05) is 6.58 Å². The van der Waals surface area contributed by atoms with Gasteiger partial charge in [0.05, 0.1) is 0 Å². The van der Waals surface area contributed by atoms with Crippen molar-refractivity contribution in [2.24, 2.45) is 0 Å². The molecule has 5 nitrogen and oxygen atoms in total. The number of nitrogens with one attached hydrogen (secondary N) is 2. The van der Waals surface area contributed by atoms with Crippen molar-refractivity contribution in [2.75, 3.05) is 18.5 Å². The number of hydrogen-bond acceptors (Lipinski definition) is 4. The second-order valence-corrected chi connectivity index (χ2v) is 5.14. The van der Waals surface area contributed by atoms with Crippen LogP contribution >= 0.6 is 0 Å². The number of carbonyl (C=O) groups excluding carboxylic acids is 2. The fourth-order valence-electron chi connectivity index (χ4n) is 1.91. The molecule has 0 aliphatic rings. The molecule has 22 heavy (non-hydrogen) atoms. The maximum atomic E-state index is 11.8. The molecule has 0 saturated heterocycles. The maximum Gasteiger partial charge on any atom is 0.224 e. The normalized spacial score (nSPS) is 10.1. The van der Waals surface area contributed by atoms with Crippen molar-refractivity contribution in [3.8, 4) is 0 Å². The van der Waals surface area contributed by atoms with Crippen molar-refractivity contribution in [1.29, 1.82) is 0 Å². The smallest absolute Gasteiger partial charge is 0.224 e. The Kier molecular flexibility index (Phi) is 7.92. The van der Waals surface area contributed by atoms with Crippen molar-refractivity contribution in [3.63, 3.8) is 0 Å². The minimum absolute atomic E-state index is 0.00471. The van der Waals surface area contributed by atoms with Gasteiger partial charge in [-0.3, -0.25) is 9.59 Å². The zero-order valence-corrected chi connectivity index (χ0v) is 13.0. The summed E-state index contributed by atoms with van der Waals surface area (Å²) in [5.74, 6) is -0.0520. The SMILES string of the molecule is C=C(CCCC(=O)Nc1ccc(C(C)=O)cc1)NCCCO. The molecule has 0 atom stereocenters. The second kappa shape index (κ2) is 9.73. The second-order valence-electron chi connectivity index (χ2n) is 5.14. The summed E-state index contributed by atoms with van der Waals surface area (Å²) in [5, 5.41) is 14.6. The molecular weight excluding hydrogens is 280 g/mol. The number of hydrogen-bond donors (Lipinski definition) is 3. The molecule has 0 unspecified atom stereocenters. The quantitative estimate of drug-likeness (QED) is 0.458. The van der Waals surface area contributed by atoms with Gasteiger partial charge in [0.25, 0.3) is 0 Å². The van der Waals surface area contributed by atoms with E-state index >= 15 is 0 Å². The first-order valence-electron chi connectivity index (χ1n) is 7.46. The van der Waals surface area contributed by atoms with Crippen LogP contribution in [0.4, 0.5) is 5.69 Å². The van der Waals surface area contributed by atoms with Gasteiger partial charge in [0.2, 0.25) is 5.91 Å². The van der Waals surface area contributed by atoms with Crippen LogP contribution in [-0.2, 0) is 4.79 Å². The molecular formula is C17H24N2O3. The Balaban J connectivity index is 2.25. The lowest BCUT2D eigenvalue weighted by Crippen LogP contribution is -2.16. The lowest BCUT2D eigenvalue weighted by atomic mass is 10.1. The van der Waals surface area contributed by atoms with Gasteiger partial charge in [-0.15, -0.1) is 0 Å². The maximum absolute atomic E-state index is 11.8. The molecule has 3 N–H and O–H groups in total. The number of allylic oxidation sites excluding steroid dienone is 1. The van der Waals surface area contributed by atoms with Gasteiger partial charge >= 0.3 is 0 Å². The number of rotatable bonds is 10. The number of aliphatic hydroxyl groups excluding tert-OH is 1. The Bertz CT molecular complexity index is 509. The summed E-state index contributed by atoms with van der Waals surface area (Å²) >= 11 is 0. The van der Waals surface area contributed by atoms with E-state index in [0.29, 0.717) is 37.1 Å². The van der Waals surface area contributed by atoms with Crippen molar-refractivity contribution < 1.29 is 14.7 Å². The number of Topliss-reactive ketones (excluding diaryl/α,β-unsaturated/α-hetero) is 1. The van der Waals surface area contributed by atoms with Gasteiger partial charge in [-0.2, -0.15) is 0 Å². The third kappa shape index (κ3) is 7.04. The van der Waals surface area contributed by atoms with Crippen molar-refractivity contribution in [2.45, 2.75) is 32.6 Å². The number of carbonyl (C=O) groups is 2. The van der Waals surface area contributed by atoms with E-state index in [0.717, 1.165) is 12.1 Å². The van der Waals surface area contributed by atoms with E-state index in [9.17, 15) is 9.59 Å². The number of aliphatic hydroxyl groups is 1. The number of anilines is 1. The third-order valence-electron chi connectivity index (χ3n) is 3.17. The molecule has 1 aromatic carbocycles. The molecule has 0 aromatic heterocycles. The van der Waals surface area contributed by atoms with E-state index in [4.69, 9.17) is 5.11 Å². The molecule has 0 spiro atoms. The molecule has 1 amide bonds. The Labute approximate surface area is 131 Å². The molecule has 120 valence electrons. The zero-order valence-electron chi connectivity index (χ0n) is 13.0. The van der Waals surface area contributed by atoms with Crippen LogP contribution in [0.1, 0.15) is 43.0 Å². The topological polar surface area (TPSA) is 78.4 Å². The first-order valence-corrected chi connectivity index (χ1v) is 7.46. The average molecular weight is 304 g/mol. The van der Waals surface area contributed by atoms with Gasteiger partial charge in [0, 0.05) is 36.5 Å². The van der Waals surface area contributed by atoms with Crippen LogP contribution < -0.4 is 10.6 Å². The summed E-state index contributed by atoms with van der Waals surface area (Å²) in [6.07, 6.45) is 2.54. The highest BCUT2D eigenvalue weighted by molar-refractivity contribution is 5.95. The lowest BCUT2D eigenvalue weighted by Gasteiger charge is -2.09. The van der Waals surface area contributed by atoms with Crippen LogP contribution in [0.3, 0.4) is 0 Å². The molecule has 0 aliphatic heterocycles. The summed E-state index contributed by atoms with van der Waals surface area (Å²) in [6, 6.07) is 6.85. The fourth-order valence-corrected chi connectivity index (χ4v) is 1.91. The number of benzene rings is 1. The predicted octanol–water partition coefficient (Wildman–Crippen LogP) is 2.48. The van der Waals surface area contributed by atoms with Crippen molar-refractivity contribution in [1.82, 2.24) is 5.32 Å². The molecule has 0 radical (unpaired) electrons. The van der Waals surface area contributed by atoms with Gasteiger partial charge < -0.3 is 15.7 Å². The summed E-state index contributed by atoms with van der Waals surface area (Å²) in [6.45, 7) is 6.24. The third-order valence-corrected chi connectivity index (χ3v) is 3.17. The minimum atomic E-state index is -0.0567. The van der Waals surface area contributed by atoms with Crippen molar-refractivity contribution >= 4 is 17.4 Å². The molecule has 0 aliphatic carbocycles. The van der Waals surface area contributed by atoms with E-state index in [2.05, 4.69) is 17.2 Å². The molecule has 0 heterocycles. The van der Waals surface area contributed by atoms with Crippen LogP contribution in [0.2, 0.25) is 0 Å². The van der Waals surface area contributed by atoms with Gasteiger partial charge in [0.15, 0.2) is 5.78 Å². The fraction of sp³-hybridized carbons (Fsp3) is 0.412. The van der Waals surface area contributed by atoms with E-state index in [-0.39, 0.29) is 18.3 Å². The Morgan fingerprint density at radius 3 is 2.41 bits per heavy atom. The number of ketones is 1. The van der Waals surface area contributed by atoms with Crippen LogP contribution in [0.5, 0.6) is 0 Å². The predicted molar refractivity (Wildman–Crippen MR) is 87.8 cm³/mol. The zero-order chi connectivity index (χ0) is 16.4. The first-order chi connectivity index (χ1) is 10.5. The van der Waals surface area contributed by atoms with E-state index in [1.807, 2.05) is 0 Å². The minimum Gasteiger partial charge on any atom is -0.396 e. The summed E-state index contributed by atoms with van der Waals surface area (Å²) < 4.78 is 0. The van der Waals surface area contributed by atoms with Gasteiger partial charge in [-0.25, -0.2) is 0 Å². The highest BCUT2D eigenvalue weighted by Gasteiger charge is 2.04. The van der Waals surface area contributed by atoms with Gasteiger partial charge in [-0.05, 0) is 50.5 Å². The van der Waals surface area contributed by atoms with E-state index in [1.54, 1.807) is 24.3 Å². The Hall–Kier alpha value is -2.14. The lowest BCUT2D eigenvalue weighted by molar-refractivity contribution is -0.116. The molecule has 5 heteroatoms. The number of amides is 1. The van der Waals surface area contributed by atoms with Crippen LogP contribution in [0.15, 0.2) is 36.5 Å². The Morgan fingerprint density at radius 1 is 1.14 bits per heavy atom. The summed E-state index contributed by atoms with van der Waals surface area (Å²) in [5.41, 5.74) is 2.20. The molecule has 1 aromatic rings. The van der Waals surface area contributed by atoms with E-state index in [1.165, 1.54) is 6.92 Å². The van der Waals surface area contributed by atoms with Crippen LogP contribution in [-0.4, -0.2) is 29.9 Å². The average Bonchev–Trinajstić information content (AvgIpc) is 2.48. The highest BCUT2D eigenvalue weighted by atomic mass is 16.3. The molecule has 0 saturated carbocycles. The largest absolute Gasteiger partial charge is 0.396 e. The summed E-state index contributed by atoms with van der Waals surface area (Å²) in [4.78, 5) is 23.0. The van der Waals surface area contributed by atoms with E-state index < -0.39 is 0 Å². The monoisotopic (exact) mass is 304 g/mol. The first kappa shape index (κ1) is 17.9. The van der Waals surface area contributed by atoms with Crippen LogP contribution in [0.25, 0.3) is 0 Å². The van der Waals surface area contributed by atoms with Crippen molar-refractivity contribution in [3.05, 3.63) is 42.1 Å². The Morgan fingerprint density at radius 2 is 1.82 bits per heavy atom. The molecule has 0 fully saturated rings. The highest BCUT2D eigenvalue weighted by Crippen LogP contribution is 2.11. The van der Waals surface area contributed by atoms with Gasteiger partial charge in [0.1, 0.15) is 0 Å². The summed E-state index contributed by atoms with van der Waals surface area (Å²) in [7, 11) is 0. The molecule has 0 bridgehead atoms.